The first kappa shape index (κ1) is 36.5. The Hall–Kier alpha value is -2.82. The molecule has 4 heterocycles. The van der Waals surface area contributed by atoms with Crippen LogP contribution in [0.2, 0.25) is 18.1 Å². The highest BCUT2D eigenvalue weighted by atomic mass is 28.4. The fourth-order valence-corrected chi connectivity index (χ4v) is 10.1. The molecule has 0 bridgehead atoms. The zero-order valence-electron chi connectivity index (χ0n) is 30.5. The molecule has 2 saturated heterocycles. The summed E-state index contributed by atoms with van der Waals surface area (Å²) in [4.78, 5) is 18.4. The molecule has 7 rings (SSSR count). The highest BCUT2D eigenvalue weighted by molar-refractivity contribution is 6.74. The molecule has 1 aromatic heterocycles. The van der Waals surface area contributed by atoms with Gasteiger partial charge in [-0.05, 0) is 73.5 Å². The van der Waals surface area contributed by atoms with E-state index in [1.165, 1.54) is 19.1 Å². The molecule has 1 saturated carbocycles. The van der Waals surface area contributed by atoms with E-state index in [0.29, 0.717) is 64.1 Å². The van der Waals surface area contributed by atoms with Crippen LogP contribution in [0.5, 0.6) is 0 Å². The monoisotopic (exact) mass is 726 g/mol. The van der Waals surface area contributed by atoms with Crippen molar-refractivity contribution in [1.82, 2.24) is 4.98 Å². The second-order valence-electron chi connectivity index (χ2n) is 16.8. The van der Waals surface area contributed by atoms with Gasteiger partial charge in [-0.3, -0.25) is 9.78 Å². The third-order valence-corrected chi connectivity index (χ3v) is 17.2. The maximum absolute atomic E-state index is 14.0. The van der Waals surface area contributed by atoms with Gasteiger partial charge in [-0.25, -0.2) is 0 Å². The van der Waals surface area contributed by atoms with Crippen molar-refractivity contribution in [3.8, 4) is 6.07 Å². The van der Waals surface area contributed by atoms with Crippen LogP contribution < -0.4 is 0 Å². The number of halogens is 3. The molecular weight excluding hydrogens is 678 g/mol. The van der Waals surface area contributed by atoms with E-state index < -0.39 is 43.4 Å². The summed E-state index contributed by atoms with van der Waals surface area (Å²) < 4.78 is 74.6. The number of aromatic nitrogens is 1. The van der Waals surface area contributed by atoms with Crippen molar-refractivity contribution in [2.45, 2.75) is 133 Å². The van der Waals surface area contributed by atoms with Gasteiger partial charge in [-0.1, -0.05) is 33.3 Å². The summed E-state index contributed by atoms with van der Waals surface area (Å²) >= 11 is 0. The summed E-state index contributed by atoms with van der Waals surface area (Å²) in [6.07, 6.45) is -0.378. The van der Waals surface area contributed by atoms with Crippen molar-refractivity contribution in [2.75, 3.05) is 26.4 Å². The summed E-state index contributed by atoms with van der Waals surface area (Å²) in [7, 11) is -2.38. The third-order valence-electron chi connectivity index (χ3n) is 12.7. The topological polar surface area (TPSA) is 99.9 Å². The first-order valence-electron chi connectivity index (χ1n) is 18.4. The number of benzene rings is 1. The Bertz CT molecular complexity index is 1730. The molecule has 2 aliphatic carbocycles. The number of carbonyl (C=O) groups is 1. The van der Waals surface area contributed by atoms with Crippen molar-refractivity contribution in [3.63, 3.8) is 0 Å². The van der Waals surface area contributed by atoms with Gasteiger partial charge in [0.2, 0.25) is 0 Å². The first-order chi connectivity index (χ1) is 24.0. The van der Waals surface area contributed by atoms with E-state index >= 15 is 0 Å². The standard InChI is InChI=1S/C39H49F3N2O6Si/c1-23(45)48-35-33-29(28(21-37(35)12-7-13-37)50-51(5,6)36(2,3)4)31-30(32(44-33)24-10-16-46-17-11-24)34(49-38(31)14-18-47-19-15-38)25-8-9-27(39(40,41)42)26(20-25)22-43/h8-9,20,24,28,34-35H,7,10-19,21H2,1-6H3/t28?,34-,35+/m1/s1. The minimum absolute atomic E-state index is 0.0132. The minimum Gasteiger partial charge on any atom is -0.455 e. The molecule has 8 nitrogen and oxygen atoms in total. The Balaban J connectivity index is 1.54. The normalized spacial score (nSPS) is 25.9. The molecule has 1 aromatic carbocycles. The number of nitrogens with zero attached hydrogens (tertiary/aromatic N) is 2. The van der Waals surface area contributed by atoms with Gasteiger partial charge in [0.05, 0.1) is 40.3 Å². The summed E-state index contributed by atoms with van der Waals surface area (Å²) in [5.41, 5.74) is 2.18. The van der Waals surface area contributed by atoms with E-state index in [9.17, 15) is 23.2 Å². The van der Waals surface area contributed by atoms with Gasteiger partial charge < -0.3 is 23.4 Å². The fourth-order valence-electron chi connectivity index (χ4n) is 8.87. The van der Waals surface area contributed by atoms with Crippen LogP contribution in [-0.4, -0.2) is 45.7 Å². The van der Waals surface area contributed by atoms with Gasteiger partial charge in [-0.2, -0.15) is 18.4 Å². The number of ether oxygens (including phenoxy) is 4. The van der Waals surface area contributed by atoms with E-state index in [4.69, 9.17) is 28.4 Å². The van der Waals surface area contributed by atoms with Crippen LogP contribution in [0.1, 0.15) is 148 Å². The number of fused-ring (bicyclic) bond motifs is 4. The van der Waals surface area contributed by atoms with E-state index in [1.54, 1.807) is 6.07 Å². The van der Waals surface area contributed by atoms with Crippen LogP contribution in [0.15, 0.2) is 18.2 Å². The second kappa shape index (κ2) is 12.9. The van der Waals surface area contributed by atoms with Crippen molar-refractivity contribution < 1.29 is 41.3 Å². The highest BCUT2D eigenvalue weighted by Crippen LogP contribution is 2.66. The molecule has 1 unspecified atom stereocenters. The van der Waals surface area contributed by atoms with Gasteiger partial charge in [0.1, 0.15) is 12.2 Å². The number of carbonyl (C=O) groups excluding carboxylic acids is 1. The molecule has 2 spiro atoms. The molecule has 5 aliphatic rings. The molecule has 0 radical (unpaired) electrons. The predicted octanol–water partition coefficient (Wildman–Crippen LogP) is 9.23. The van der Waals surface area contributed by atoms with Crippen molar-refractivity contribution >= 4 is 14.3 Å². The quantitative estimate of drug-likeness (QED) is 0.222. The molecule has 12 heteroatoms. The number of nitriles is 1. The van der Waals surface area contributed by atoms with Crippen molar-refractivity contribution in [3.05, 3.63) is 63.0 Å². The van der Waals surface area contributed by atoms with E-state index in [2.05, 4.69) is 33.9 Å². The van der Waals surface area contributed by atoms with Crippen LogP contribution >= 0.6 is 0 Å². The molecule has 51 heavy (non-hydrogen) atoms. The molecule has 0 N–H and O–H groups in total. The van der Waals surface area contributed by atoms with Gasteiger partial charge in [0.15, 0.2) is 8.32 Å². The fraction of sp³-hybridized carbons (Fsp3) is 0.667. The Morgan fingerprint density at radius 2 is 1.67 bits per heavy atom. The average molecular weight is 727 g/mol. The second-order valence-corrected chi connectivity index (χ2v) is 21.5. The zero-order chi connectivity index (χ0) is 36.6. The lowest BCUT2D eigenvalue weighted by Crippen LogP contribution is -2.49. The molecule has 3 atom stereocenters. The zero-order valence-corrected chi connectivity index (χ0v) is 31.5. The number of rotatable bonds is 5. The number of pyridine rings is 1. The van der Waals surface area contributed by atoms with Crippen LogP contribution in [0, 0.1) is 16.7 Å². The average Bonchev–Trinajstić information content (AvgIpc) is 3.37. The molecule has 3 aliphatic heterocycles. The maximum Gasteiger partial charge on any atom is 0.417 e. The number of esters is 1. The maximum atomic E-state index is 14.0. The molecule has 276 valence electrons. The summed E-state index contributed by atoms with van der Waals surface area (Å²) in [6.45, 7) is 14.6. The van der Waals surface area contributed by atoms with Crippen LogP contribution in [-0.2, 0) is 39.9 Å². The van der Waals surface area contributed by atoms with Crippen LogP contribution in [0.3, 0.4) is 0 Å². The Kier molecular flexibility index (Phi) is 9.27. The highest BCUT2D eigenvalue weighted by Gasteiger charge is 2.59. The lowest BCUT2D eigenvalue weighted by atomic mass is 9.57. The lowest BCUT2D eigenvalue weighted by molar-refractivity contribution is -0.167. The molecule has 0 amide bonds. The summed E-state index contributed by atoms with van der Waals surface area (Å²) in [5, 5.41) is 9.81. The first-order valence-corrected chi connectivity index (χ1v) is 21.3. The summed E-state index contributed by atoms with van der Waals surface area (Å²) in [5.74, 6) is -0.375. The smallest absolute Gasteiger partial charge is 0.417 e. The Morgan fingerprint density at radius 1 is 1.00 bits per heavy atom. The minimum atomic E-state index is -4.68. The lowest BCUT2D eigenvalue weighted by Gasteiger charge is -2.54. The van der Waals surface area contributed by atoms with Crippen molar-refractivity contribution in [1.29, 1.82) is 5.26 Å². The van der Waals surface area contributed by atoms with Crippen LogP contribution in [0.4, 0.5) is 13.2 Å². The molecular formula is C39H49F3N2O6Si. The van der Waals surface area contributed by atoms with Gasteiger partial charge in [0, 0.05) is 68.7 Å². The molecule has 3 fully saturated rings. The summed E-state index contributed by atoms with van der Waals surface area (Å²) in [6, 6.07) is 5.56. The van der Waals surface area contributed by atoms with Crippen molar-refractivity contribution in [2.24, 2.45) is 5.41 Å². The number of hydrogen-bond donors (Lipinski definition) is 0. The molecule has 2 aromatic rings. The number of hydrogen-bond acceptors (Lipinski definition) is 8. The van der Waals surface area contributed by atoms with Gasteiger partial charge in [-0.15, -0.1) is 0 Å². The van der Waals surface area contributed by atoms with E-state index in [-0.39, 0.29) is 28.4 Å². The third kappa shape index (κ3) is 6.24. The number of alkyl halides is 3. The van der Waals surface area contributed by atoms with Crippen LogP contribution in [0.25, 0.3) is 0 Å². The van der Waals surface area contributed by atoms with E-state index in [0.717, 1.165) is 53.4 Å². The SMILES string of the molecule is CC(=O)O[C@H]1c2nc(C3CCOCC3)c3c(c2C(O[Si](C)(C)C(C)(C)C)CC12CCC2)C1(CCOCC1)O[C@@H]3c1ccc(C(F)(F)F)c(C#N)c1. The predicted molar refractivity (Wildman–Crippen MR) is 184 cm³/mol. The van der Waals surface area contributed by atoms with Gasteiger partial charge in [0.25, 0.3) is 0 Å². The largest absolute Gasteiger partial charge is 0.455 e. The Morgan fingerprint density at radius 3 is 2.24 bits per heavy atom. The Labute approximate surface area is 299 Å². The van der Waals surface area contributed by atoms with E-state index in [1.807, 2.05) is 0 Å². The van der Waals surface area contributed by atoms with Gasteiger partial charge >= 0.3 is 12.1 Å².